The first-order valence-electron chi connectivity index (χ1n) is 9.57. The Labute approximate surface area is 197 Å². The molecule has 1 heterocycles. The van der Waals surface area contributed by atoms with Crippen LogP contribution in [0.1, 0.15) is 44.8 Å². The Morgan fingerprint density at radius 2 is 1.69 bits per heavy atom. The van der Waals surface area contributed by atoms with E-state index in [-0.39, 0.29) is 51.3 Å². The smallest absolute Gasteiger partial charge is 0.273 e. The number of hydrogen-bond donors (Lipinski definition) is 2. The van der Waals surface area contributed by atoms with Gasteiger partial charge in [-0.05, 0) is 54.8 Å². The van der Waals surface area contributed by atoms with E-state index < -0.39 is 5.91 Å². The largest absolute Gasteiger partial charge is 0.364 e. The van der Waals surface area contributed by atoms with Crippen LogP contribution < -0.4 is 11.1 Å². The van der Waals surface area contributed by atoms with E-state index in [4.69, 9.17) is 40.5 Å². The number of primary amides is 1. The van der Waals surface area contributed by atoms with Gasteiger partial charge in [0, 0.05) is 16.5 Å². The lowest BCUT2D eigenvalue weighted by molar-refractivity contribution is -0.117. The Morgan fingerprint density at radius 3 is 2.25 bits per heavy atom. The van der Waals surface area contributed by atoms with Crippen LogP contribution in [0.3, 0.4) is 0 Å². The fourth-order valence-corrected chi connectivity index (χ4v) is 3.96. The molecule has 4 rings (SSSR count). The third kappa shape index (κ3) is 4.62. The molecule has 0 aliphatic heterocycles. The molecule has 1 aliphatic carbocycles. The molecule has 2 amide bonds. The van der Waals surface area contributed by atoms with Crippen LogP contribution in [0.4, 0.5) is 5.82 Å². The van der Waals surface area contributed by atoms with Gasteiger partial charge in [-0.25, -0.2) is 4.68 Å². The second-order valence-corrected chi connectivity index (χ2v) is 8.59. The third-order valence-electron chi connectivity index (χ3n) is 4.93. The van der Waals surface area contributed by atoms with Gasteiger partial charge in [0.15, 0.2) is 17.3 Å². The van der Waals surface area contributed by atoms with Gasteiger partial charge in [-0.2, -0.15) is 0 Å². The SMILES string of the molecule is NC(=O)c1nnn(Cc2cc(Cl)c(C(=O)c3ccc(Cl)cc3)c(Cl)c2)c1NC(=O)C1CC1. The Balaban J connectivity index is 1.63. The van der Waals surface area contributed by atoms with E-state index in [9.17, 15) is 14.4 Å². The predicted octanol–water partition coefficient (Wildman–Crippen LogP) is 3.97. The summed E-state index contributed by atoms with van der Waals surface area (Å²) >= 11 is 18.6. The van der Waals surface area contributed by atoms with Crippen molar-refractivity contribution >= 4 is 58.2 Å². The zero-order valence-corrected chi connectivity index (χ0v) is 18.7. The van der Waals surface area contributed by atoms with Crippen molar-refractivity contribution in [2.45, 2.75) is 19.4 Å². The van der Waals surface area contributed by atoms with Gasteiger partial charge in [0.25, 0.3) is 5.91 Å². The Hall–Kier alpha value is -2.94. The van der Waals surface area contributed by atoms with Gasteiger partial charge in [-0.15, -0.1) is 5.10 Å². The zero-order chi connectivity index (χ0) is 23.0. The maximum atomic E-state index is 12.9. The number of benzene rings is 2. The maximum absolute atomic E-state index is 12.9. The van der Waals surface area contributed by atoms with E-state index in [1.807, 2.05) is 0 Å². The Morgan fingerprint density at radius 1 is 1.06 bits per heavy atom. The molecule has 2 aromatic carbocycles. The van der Waals surface area contributed by atoms with Gasteiger partial charge in [0.05, 0.1) is 22.2 Å². The highest BCUT2D eigenvalue weighted by atomic mass is 35.5. The topological polar surface area (TPSA) is 120 Å². The molecule has 0 atom stereocenters. The number of ketones is 1. The summed E-state index contributed by atoms with van der Waals surface area (Å²) in [5.41, 5.74) is 6.33. The number of halogens is 3. The van der Waals surface area contributed by atoms with Gasteiger partial charge in [-0.3, -0.25) is 14.4 Å². The van der Waals surface area contributed by atoms with Gasteiger partial charge in [-0.1, -0.05) is 40.0 Å². The van der Waals surface area contributed by atoms with Crippen LogP contribution in [0.2, 0.25) is 15.1 Å². The molecule has 0 saturated heterocycles. The Bertz CT molecular complexity index is 1210. The van der Waals surface area contributed by atoms with Crippen molar-refractivity contribution in [3.63, 3.8) is 0 Å². The van der Waals surface area contributed by atoms with Gasteiger partial charge < -0.3 is 11.1 Å². The van der Waals surface area contributed by atoms with E-state index in [1.54, 1.807) is 36.4 Å². The summed E-state index contributed by atoms with van der Waals surface area (Å²) < 4.78 is 1.32. The number of nitrogens with two attached hydrogens (primary N) is 1. The van der Waals surface area contributed by atoms with Crippen molar-refractivity contribution in [3.05, 3.63) is 73.9 Å². The standard InChI is InChI=1S/C21H16Cl3N5O3/c22-13-5-3-11(4-6-13)18(30)16-14(23)7-10(8-15(16)24)9-29-20(17(19(25)31)27-28-29)26-21(32)12-1-2-12/h3-8,12H,1-2,9H2,(H2,25,31)(H,26,32). The highest BCUT2D eigenvalue weighted by Gasteiger charge is 2.32. The summed E-state index contributed by atoms with van der Waals surface area (Å²) in [5.74, 6) is -1.39. The van der Waals surface area contributed by atoms with Crippen LogP contribution in [-0.2, 0) is 11.3 Å². The lowest BCUT2D eigenvalue weighted by Crippen LogP contribution is -2.21. The van der Waals surface area contributed by atoms with Crippen LogP contribution in [0.15, 0.2) is 36.4 Å². The van der Waals surface area contributed by atoms with Crippen LogP contribution in [0.25, 0.3) is 0 Å². The number of nitrogens with zero attached hydrogens (tertiary/aromatic N) is 3. The van der Waals surface area contributed by atoms with Crippen molar-refractivity contribution in [2.75, 3.05) is 5.32 Å². The van der Waals surface area contributed by atoms with Crippen molar-refractivity contribution < 1.29 is 14.4 Å². The Kier molecular flexibility index (Phi) is 6.19. The first-order chi connectivity index (χ1) is 15.2. The number of aromatic nitrogens is 3. The molecule has 32 heavy (non-hydrogen) atoms. The van der Waals surface area contributed by atoms with Crippen LogP contribution in [0.5, 0.6) is 0 Å². The summed E-state index contributed by atoms with van der Waals surface area (Å²) in [7, 11) is 0. The highest BCUT2D eigenvalue weighted by Crippen LogP contribution is 2.32. The van der Waals surface area contributed by atoms with E-state index >= 15 is 0 Å². The number of amides is 2. The van der Waals surface area contributed by atoms with E-state index in [1.165, 1.54) is 4.68 Å². The minimum absolute atomic E-state index is 0.0788. The molecule has 0 bridgehead atoms. The van der Waals surface area contributed by atoms with Gasteiger partial charge in [0.1, 0.15) is 0 Å². The second kappa shape index (κ2) is 8.90. The van der Waals surface area contributed by atoms with Crippen LogP contribution >= 0.6 is 34.8 Å². The predicted molar refractivity (Wildman–Crippen MR) is 120 cm³/mol. The van der Waals surface area contributed by atoms with Crippen LogP contribution in [-0.4, -0.2) is 32.6 Å². The number of carbonyl (C=O) groups is 3. The molecule has 0 unspecified atom stereocenters. The molecule has 0 spiro atoms. The van der Waals surface area contributed by atoms with Crippen molar-refractivity contribution in [1.82, 2.24) is 15.0 Å². The summed E-state index contributed by atoms with van der Waals surface area (Å²) in [4.78, 5) is 36.8. The molecule has 3 N–H and O–H groups in total. The molecule has 164 valence electrons. The maximum Gasteiger partial charge on any atom is 0.273 e. The fourth-order valence-electron chi connectivity index (χ4n) is 3.13. The molecule has 1 aromatic heterocycles. The van der Waals surface area contributed by atoms with Crippen molar-refractivity contribution in [3.8, 4) is 0 Å². The lowest BCUT2D eigenvalue weighted by atomic mass is 10.0. The van der Waals surface area contributed by atoms with Crippen molar-refractivity contribution in [2.24, 2.45) is 11.7 Å². The average Bonchev–Trinajstić information content (AvgIpc) is 3.51. The minimum Gasteiger partial charge on any atom is -0.364 e. The van der Waals surface area contributed by atoms with E-state index in [0.717, 1.165) is 12.8 Å². The molecule has 1 aliphatic rings. The quantitative estimate of drug-likeness (QED) is 0.484. The minimum atomic E-state index is -0.817. The molecule has 0 radical (unpaired) electrons. The number of carbonyl (C=O) groups excluding carboxylic acids is 3. The molecule has 11 heteroatoms. The summed E-state index contributed by atoms with van der Waals surface area (Å²) in [6.07, 6.45) is 1.57. The van der Waals surface area contributed by atoms with Crippen molar-refractivity contribution in [1.29, 1.82) is 0 Å². The second-order valence-electron chi connectivity index (χ2n) is 7.34. The average molecular weight is 493 g/mol. The molecule has 1 saturated carbocycles. The normalized spacial score (nSPS) is 13.1. The zero-order valence-electron chi connectivity index (χ0n) is 16.4. The molecular formula is C21H16Cl3N5O3. The fraction of sp³-hybridized carbons (Fsp3) is 0.190. The summed E-state index contributed by atoms with van der Waals surface area (Å²) in [6.45, 7) is 0.0788. The number of nitrogens with one attached hydrogen (secondary N) is 1. The van der Waals surface area contributed by atoms with E-state index in [2.05, 4.69) is 15.6 Å². The summed E-state index contributed by atoms with van der Waals surface area (Å²) in [5, 5.41) is 11.2. The lowest BCUT2D eigenvalue weighted by Gasteiger charge is -2.12. The highest BCUT2D eigenvalue weighted by molar-refractivity contribution is 6.41. The first-order valence-corrected chi connectivity index (χ1v) is 10.7. The number of anilines is 1. The molecule has 3 aromatic rings. The monoisotopic (exact) mass is 491 g/mol. The first kappa shape index (κ1) is 22.3. The third-order valence-corrected chi connectivity index (χ3v) is 5.77. The molecule has 8 nitrogen and oxygen atoms in total. The van der Waals surface area contributed by atoms with E-state index in [0.29, 0.717) is 16.1 Å². The van der Waals surface area contributed by atoms with Gasteiger partial charge >= 0.3 is 0 Å². The summed E-state index contributed by atoms with van der Waals surface area (Å²) in [6, 6.07) is 9.50. The van der Waals surface area contributed by atoms with Gasteiger partial charge in [0.2, 0.25) is 5.91 Å². The molecular weight excluding hydrogens is 477 g/mol. The van der Waals surface area contributed by atoms with Crippen LogP contribution in [0, 0.1) is 5.92 Å². The number of rotatable bonds is 7. The number of hydrogen-bond acceptors (Lipinski definition) is 5. The molecule has 1 fully saturated rings.